The van der Waals surface area contributed by atoms with E-state index in [0.717, 1.165) is 0 Å². The summed E-state index contributed by atoms with van der Waals surface area (Å²) in [4.78, 5) is 23.3. The quantitative estimate of drug-likeness (QED) is 0.488. The van der Waals surface area contributed by atoms with Crippen molar-refractivity contribution in [2.75, 3.05) is 0 Å². The van der Waals surface area contributed by atoms with Gasteiger partial charge in [0.1, 0.15) is 23.6 Å². The fourth-order valence-corrected chi connectivity index (χ4v) is 3.38. The van der Waals surface area contributed by atoms with Crippen molar-refractivity contribution in [3.05, 3.63) is 58.1 Å². The third kappa shape index (κ3) is 7.24. The molecule has 2 atom stereocenters. The zero-order valence-electron chi connectivity index (χ0n) is 16.1. The lowest BCUT2D eigenvalue weighted by Crippen LogP contribution is -2.48. The average Bonchev–Trinajstić information content (AvgIpc) is 2.60. The van der Waals surface area contributed by atoms with E-state index in [1.165, 1.54) is 0 Å². The number of carboxylic acid groups (broad SMARTS) is 2. The Labute approximate surface area is 179 Å². The fourth-order valence-electron chi connectivity index (χ4n) is 2.88. The summed E-state index contributed by atoms with van der Waals surface area (Å²) in [7, 11) is 0. The van der Waals surface area contributed by atoms with Crippen LogP contribution in [0, 0.1) is 5.92 Å². The first-order valence-corrected chi connectivity index (χ1v) is 9.84. The van der Waals surface area contributed by atoms with Gasteiger partial charge in [0.2, 0.25) is 0 Å². The number of hydrogen-bond donors (Lipinski definition) is 3. The number of benzene rings is 2. The largest absolute Gasteiger partial charge is 0.480 e. The van der Waals surface area contributed by atoms with E-state index >= 15 is 0 Å². The number of para-hydroxylation sites is 1. The van der Waals surface area contributed by atoms with Crippen molar-refractivity contribution in [3.8, 4) is 11.5 Å². The molecular formula is C21H23Cl2NO5. The SMILES string of the molecule is CC(C)C[C@H](NC(Cc1ccccc1Oc1cc(Cl)cc(Cl)c1)C(=O)O)C(=O)O. The standard InChI is InChI=1S/C21H23Cl2NO5/c1-12(2)7-17(20(25)26)24-18(21(27)28)8-13-5-3-4-6-19(13)29-16-10-14(22)9-15(23)11-16/h3-6,9-12,17-18,24H,7-8H2,1-2H3,(H,25,26)(H,27,28)/t17-,18?/m0/s1. The molecule has 0 heterocycles. The van der Waals surface area contributed by atoms with Gasteiger partial charge in [-0.05, 0) is 42.2 Å². The lowest BCUT2D eigenvalue weighted by molar-refractivity contribution is -0.142. The predicted octanol–water partition coefficient (Wildman–Crippen LogP) is 4.87. The molecule has 29 heavy (non-hydrogen) atoms. The fraction of sp³-hybridized carbons (Fsp3) is 0.333. The Kier molecular flexibility index (Phi) is 8.32. The van der Waals surface area contributed by atoms with Crippen molar-refractivity contribution < 1.29 is 24.5 Å². The number of carbonyl (C=O) groups is 2. The van der Waals surface area contributed by atoms with Crippen LogP contribution in [0.3, 0.4) is 0 Å². The molecule has 3 N–H and O–H groups in total. The second-order valence-corrected chi connectivity index (χ2v) is 7.97. The number of nitrogens with one attached hydrogen (secondary N) is 1. The molecule has 0 bridgehead atoms. The summed E-state index contributed by atoms with van der Waals surface area (Å²) in [6.07, 6.45) is 0.361. The van der Waals surface area contributed by atoms with Gasteiger partial charge in [-0.2, -0.15) is 0 Å². The van der Waals surface area contributed by atoms with E-state index in [-0.39, 0.29) is 12.3 Å². The van der Waals surface area contributed by atoms with Gasteiger partial charge in [0.05, 0.1) is 0 Å². The highest BCUT2D eigenvalue weighted by molar-refractivity contribution is 6.34. The zero-order valence-corrected chi connectivity index (χ0v) is 17.6. The molecule has 0 amide bonds. The van der Waals surface area contributed by atoms with Crippen molar-refractivity contribution in [2.24, 2.45) is 5.92 Å². The molecule has 2 aromatic rings. The smallest absolute Gasteiger partial charge is 0.321 e. The third-order valence-electron chi connectivity index (χ3n) is 4.17. The summed E-state index contributed by atoms with van der Waals surface area (Å²) in [6.45, 7) is 3.76. The van der Waals surface area contributed by atoms with Crippen LogP contribution in [-0.4, -0.2) is 34.2 Å². The van der Waals surface area contributed by atoms with Crippen LogP contribution in [0.4, 0.5) is 0 Å². The summed E-state index contributed by atoms with van der Waals surface area (Å²) in [5.41, 5.74) is 0.609. The van der Waals surface area contributed by atoms with Gasteiger partial charge in [-0.15, -0.1) is 0 Å². The molecule has 0 aliphatic heterocycles. The highest BCUT2D eigenvalue weighted by Crippen LogP contribution is 2.30. The van der Waals surface area contributed by atoms with Crippen LogP contribution in [0.15, 0.2) is 42.5 Å². The summed E-state index contributed by atoms with van der Waals surface area (Å²) in [6, 6.07) is 9.66. The number of hydrogen-bond acceptors (Lipinski definition) is 4. The molecule has 0 aliphatic carbocycles. The number of halogens is 2. The number of ether oxygens (including phenoxy) is 1. The summed E-state index contributed by atoms with van der Waals surface area (Å²) < 4.78 is 5.86. The number of carboxylic acids is 2. The van der Waals surface area contributed by atoms with Gasteiger partial charge in [0.15, 0.2) is 0 Å². The molecule has 0 saturated heterocycles. The van der Waals surface area contributed by atoms with E-state index in [0.29, 0.717) is 33.5 Å². The van der Waals surface area contributed by atoms with E-state index in [9.17, 15) is 19.8 Å². The average molecular weight is 440 g/mol. The monoisotopic (exact) mass is 439 g/mol. The first-order valence-electron chi connectivity index (χ1n) is 9.09. The Morgan fingerprint density at radius 1 is 1.00 bits per heavy atom. The molecule has 0 saturated carbocycles. The molecule has 6 nitrogen and oxygen atoms in total. The van der Waals surface area contributed by atoms with Crippen LogP contribution < -0.4 is 10.1 Å². The first kappa shape index (κ1) is 23.0. The van der Waals surface area contributed by atoms with E-state index in [1.54, 1.807) is 42.5 Å². The Balaban J connectivity index is 2.24. The van der Waals surface area contributed by atoms with Gasteiger partial charge in [-0.25, -0.2) is 0 Å². The van der Waals surface area contributed by atoms with Crippen molar-refractivity contribution in [2.45, 2.75) is 38.8 Å². The van der Waals surface area contributed by atoms with Gasteiger partial charge in [-0.3, -0.25) is 14.9 Å². The molecular weight excluding hydrogens is 417 g/mol. The van der Waals surface area contributed by atoms with Crippen LogP contribution in [0.1, 0.15) is 25.8 Å². The van der Waals surface area contributed by atoms with Crippen LogP contribution in [0.5, 0.6) is 11.5 Å². The Morgan fingerprint density at radius 3 is 2.14 bits per heavy atom. The second-order valence-electron chi connectivity index (χ2n) is 7.10. The van der Waals surface area contributed by atoms with Crippen LogP contribution >= 0.6 is 23.2 Å². The van der Waals surface area contributed by atoms with Crippen molar-refractivity contribution in [1.29, 1.82) is 0 Å². The van der Waals surface area contributed by atoms with Gasteiger partial charge in [0.25, 0.3) is 0 Å². The molecule has 0 fully saturated rings. The zero-order chi connectivity index (χ0) is 21.6. The molecule has 8 heteroatoms. The third-order valence-corrected chi connectivity index (χ3v) is 4.60. The highest BCUT2D eigenvalue weighted by atomic mass is 35.5. The molecule has 2 rings (SSSR count). The van der Waals surface area contributed by atoms with Crippen molar-refractivity contribution in [1.82, 2.24) is 5.32 Å². The Morgan fingerprint density at radius 2 is 1.59 bits per heavy atom. The summed E-state index contributed by atoms with van der Waals surface area (Å²) >= 11 is 12.0. The lowest BCUT2D eigenvalue weighted by atomic mass is 10.00. The summed E-state index contributed by atoms with van der Waals surface area (Å²) in [5.74, 6) is -1.27. The van der Waals surface area contributed by atoms with Gasteiger partial charge >= 0.3 is 11.9 Å². The molecule has 0 aromatic heterocycles. The maximum absolute atomic E-state index is 11.8. The van der Waals surface area contributed by atoms with E-state index in [4.69, 9.17) is 27.9 Å². The molecule has 0 radical (unpaired) electrons. The molecule has 156 valence electrons. The van der Waals surface area contributed by atoms with Gasteiger partial charge in [0, 0.05) is 16.5 Å². The molecule has 2 aromatic carbocycles. The Hall–Kier alpha value is -2.28. The summed E-state index contributed by atoms with van der Waals surface area (Å²) in [5, 5.41) is 22.6. The number of rotatable bonds is 10. The maximum Gasteiger partial charge on any atom is 0.321 e. The maximum atomic E-state index is 11.8. The van der Waals surface area contributed by atoms with Crippen molar-refractivity contribution in [3.63, 3.8) is 0 Å². The van der Waals surface area contributed by atoms with Crippen LogP contribution in [-0.2, 0) is 16.0 Å². The molecule has 0 spiro atoms. The Bertz CT molecular complexity index is 852. The van der Waals surface area contributed by atoms with Gasteiger partial charge < -0.3 is 14.9 Å². The minimum Gasteiger partial charge on any atom is -0.480 e. The van der Waals surface area contributed by atoms with E-state index in [2.05, 4.69) is 5.32 Å². The van der Waals surface area contributed by atoms with Crippen LogP contribution in [0.25, 0.3) is 0 Å². The normalized spacial score (nSPS) is 13.1. The molecule has 0 aliphatic rings. The van der Waals surface area contributed by atoms with E-state index < -0.39 is 24.0 Å². The number of aliphatic carboxylic acids is 2. The van der Waals surface area contributed by atoms with E-state index in [1.807, 2.05) is 13.8 Å². The molecule has 1 unspecified atom stereocenters. The minimum atomic E-state index is -1.14. The topological polar surface area (TPSA) is 95.9 Å². The minimum absolute atomic E-state index is 0.0433. The van der Waals surface area contributed by atoms with Crippen molar-refractivity contribution >= 4 is 35.1 Å². The second kappa shape index (κ2) is 10.5. The van der Waals surface area contributed by atoms with Crippen LogP contribution in [0.2, 0.25) is 10.0 Å². The highest BCUT2D eigenvalue weighted by Gasteiger charge is 2.27. The first-order chi connectivity index (χ1) is 13.7. The van der Waals surface area contributed by atoms with Gasteiger partial charge in [-0.1, -0.05) is 55.2 Å². The predicted molar refractivity (Wildman–Crippen MR) is 112 cm³/mol. The lowest BCUT2D eigenvalue weighted by Gasteiger charge is -2.22.